The summed E-state index contributed by atoms with van der Waals surface area (Å²) in [6, 6.07) is 8.06. The molecule has 2 N–H and O–H groups in total. The van der Waals surface area contributed by atoms with Crippen LogP contribution in [0.2, 0.25) is 0 Å². The predicted octanol–water partition coefficient (Wildman–Crippen LogP) is 1.94. The molecule has 1 aliphatic heterocycles. The molecule has 0 bridgehead atoms. The summed E-state index contributed by atoms with van der Waals surface area (Å²) in [5.74, 6) is -0.379. The number of benzene rings is 1. The Labute approximate surface area is 131 Å². The van der Waals surface area contributed by atoms with E-state index in [0.29, 0.717) is 35.5 Å². The molecule has 1 aromatic heterocycles. The topological polar surface area (TPSA) is 110 Å². The highest BCUT2D eigenvalue weighted by atomic mass is 16.6. The smallest absolute Gasteiger partial charge is 0.293 e. The molecule has 1 aromatic carbocycles. The van der Waals surface area contributed by atoms with Crippen LogP contribution in [0.4, 0.5) is 11.4 Å². The lowest BCUT2D eigenvalue weighted by atomic mass is 10.0. The fraction of sp³-hybridized carbons (Fsp3) is 0.133. The number of aromatic nitrogens is 1. The average Bonchev–Trinajstić information content (AvgIpc) is 2.59. The molecular formula is C15H13N5O3. The molecule has 2 aromatic rings. The van der Waals surface area contributed by atoms with Crippen molar-refractivity contribution in [1.82, 2.24) is 10.4 Å². The molecule has 0 fully saturated rings. The summed E-state index contributed by atoms with van der Waals surface area (Å²) >= 11 is 0. The minimum absolute atomic E-state index is 0.00603. The first-order valence-corrected chi connectivity index (χ1v) is 6.95. The van der Waals surface area contributed by atoms with Crippen LogP contribution in [0.15, 0.2) is 47.8 Å². The number of para-hydroxylation sites is 1. The van der Waals surface area contributed by atoms with Crippen LogP contribution >= 0.6 is 0 Å². The van der Waals surface area contributed by atoms with Gasteiger partial charge in [-0.25, -0.2) is 5.43 Å². The van der Waals surface area contributed by atoms with Gasteiger partial charge in [-0.15, -0.1) is 0 Å². The molecule has 0 radical (unpaired) electrons. The molecule has 0 atom stereocenters. The maximum atomic E-state index is 12.0. The average molecular weight is 311 g/mol. The lowest BCUT2D eigenvalue weighted by molar-refractivity contribution is -0.384. The van der Waals surface area contributed by atoms with E-state index in [2.05, 4.69) is 20.8 Å². The van der Waals surface area contributed by atoms with Crippen LogP contribution < -0.4 is 10.7 Å². The Morgan fingerprint density at radius 2 is 2.22 bits per heavy atom. The molecule has 0 saturated heterocycles. The Hall–Kier alpha value is -3.29. The number of anilines is 1. The number of nitrogens with zero attached hydrogens (tertiary/aromatic N) is 3. The number of hydrogen-bond donors (Lipinski definition) is 2. The lowest BCUT2D eigenvalue weighted by Gasteiger charge is -2.19. The maximum absolute atomic E-state index is 12.0. The Morgan fingerprint density at radius 1 is 1.35 bits per heavy atom. The molecule has 8 nitrogen and oxygen atoms in total. The van der Waals surface area contributed by atoms with Gasteiger partial charge >= 0.3 is 0 Å². The highest BCUT2D eigenvalue weighted by Gasteiger charge is 2.23. The Bertz CT molecular complexity index is 789. The summed E-state index contributed by atoms with van der Waals surface area (Å²) in [7, 11) is 0. The number of carbonyl (C=O) groups excluding carboxylic acids is 1. The van der Waals surface area contributed by atoms with Crippen LogP contribution in [0.1, 0.15) is 22.3 Å². The van der Waals surface area contributed by atoms with Gasteiger partial charge in [0.2, 0.25) is 0 Å². The Kier molecular flexibility index (Phi) is 3.96. The Balaban J connectivity index is 1.87. The molecule has 1 amide bonds. The molecule has 0 unspecified atom stereocenters. The second-order valence-corrected chi connectivity index (χ2v) is 4.87. The second kappa shape index (κ2) is 6.22. The summed E-state index contributed by atoms with van der Waals surface area (Å²) in [6.07, 6.45) is 3.57. The summed E-state index contributed by atoms with van der Waals surface area (Å²) in [6.45, 7) is 0.513. The van der Waals surface area contributed by atoms with Gasteiger partial charge in [-0.05, 0) is 12.1 Å². The second-order valence-electron chi connectivity index (χ2n) is 4.87. The van der Waals surface area contributed by atoms with Crippen molar-refractivity contribution in [2.75, 3.05) is 11.9 Å². The zero-order valence-corrected chi connectivity index (χ0v) is 12.0. The van der Waals surface area contributed by atoms with E-state index in [0.717, 1.165) is 0 Å². The zero-order chi connectivity index (χ0) is 16.2. The van der Waals surface area contributed by atoms with Crippen molar-refractivity contribution in [3.63, 3.8) is 0 Å². The molecule has 3 rings (SSSR count). The van der Waals surface area contributed by atoms with Crippen LogP contribution in [-0.4, -0.2) is 28.1 Å². The number of pyridine rings is 1. The fourth-order valence-electron chi connectivity index (χ4n) is 2.36. The normalized spacial score (nSPS) is 14.7. The van der Waals surface area contributed by atoms with E-state index in [9.17, 15) is 14.9 Å². The first-order chi connectivity index (χ1) is 11.2. The van der Waals surface area contributed by atoms with E-state index in [1.54, 1.807) is 30.5 Å². The predicted molar refractivity (Wildman–Crippen MR) is 84.4 cm³/mol. The van der Waals surface area contributed by atoms with E-state index in [-0.39, 0.29) is 11.6 Å². The van der Waals surface area contributed by atoms with Gasteiger partial charge in [0, 0.05) is 37.0 Å². The highest BCUT2D eigenvalue weighted by molar-refractivity contribution is 6.09. The largest absolute Gasteiger partial charge is 0.379 e. The standard InChI is InChI=1S/C15H13N5O3/c21-15(10-3-2-7-16-9-10)19-18-12-6-8-17-14-11(12)4-1-5-13(14)20(22)23/h1-5,7,9,17H,6,8H2,(H,19,21)/b18-12+. The van der Waals surface area contributed by atoms with Crippen LogP contribution in [0.25, 0.3) is 0 Å². The van der Waals surface area contributed by atoms with Gasteiger partial charge < -0.3 is 5.32 Å². The summed E-state index contributed by atoms with van der Waals surface area (Å²) in [5, 5.41) is 18.2. The SMILES string of the molecule is O=C(N/N=C1\CCNc2c1cccc2[N+](=O)[O-])c1cccnc1. The number of fused-ring (bicyclic) bond motifs is 1. The van der Waals surface area contributed by atoms with Gasteiger partial charge in [0.05, 0.1) is 16.2 Å². The van der Waals surface area contributed by atoms with E-state index in [1.807, 2.05) is 0 Å². The number of hydrogen-bond acceptors (Lipinski definition) is 6. The maximum Gasteiger partial charge on any atom is 0.293 e. The van der Waals surface area contributed by atoms with E-state index in [4.69, 9.17) is 0 Å². The molecule has 2 heterocycles. The van der Waals surface area contributed by atoms with Crippen molar-refractivity contribution in [3.8, 4) is 0 Å². The van der Waals surface area contributed by atoms with Crippen LogP contribution in [-0.2, 0) is 0 Å². The lowest BCUT2D eigenvalue weighted by Crippen LogP contribution is -2.25. The van der Waals surface area contributed by atoms with E-state index in [1.165, 1.54) is 12.3 Å². The highest BCUT2D eigenvalue weighted by Crippen LogP contribution is 2.31. The van der Waals surface area contributed by atoms with Crippen molar-refractivity contribution in [3.05, 3.63) is 64.0 Å². The molecular weight excluding hydrogens is 298 g/mol. The van der Waals surface area contributed by atoms with Crippen LogP contribution in [0.3, 0.4) is 0 Å². The third-order valence-electron chi connectivity index (χ3n) is 3.43. The van der Waals surface area contributed by atoms with Gasteiger partial charge in [0.1, 0.15) is 5.69 Å². The third kappa shape index (κ3) is 3.00. The molecule has 1 aliphatic rings. The first kappa shape index (κ1) is 14.6. The van der Waals surface area contributed by atoms with E-state index >= 15 is 0 Å². The molecule has 0 aliphatic carbocycles. The monoisotopic (exact) mass is 311 g/mol. The molecule has 0 saturated carbocycles. The van der Waals surface area contributed by atoms with Gasteiger partial charge in [-0.3, -0.25) is 19.9 Å². The van der Waals surface area contributed by atoms with Crippen LogP contribution in [0.5, 0.6) is 0 Å². The number of nitrogens with one attached hydrogen (secondary N) is 2. The summed E-state index contributed by atoms with van der Waals surface area (Å²) < 4.78 is 0. The van der Waals surface area contributed by atoms with Crippen molar-refractivity contribution in [2.45, 2.75) is 6.42 Å². The van der Waals surface area contributed by atoms with E-state index < -0.39 is 4.92 Å². The first-order valence-electron chi connectivity index (χ1n) is 6.95. The quantitative estimate of drug-likeness (QED) is 0.665. The van der Waals surface area contributed by atoms with Crippen LogP contribution in [0, 0.1) is 10.1 Å². The minimum Gasteiger partial charge on any atom is -0.379 e. The molecule has 8 heteroatoms. The summed E-state index contributed by atoms with van der Waals surface area (Å²) in [5.41, 5.74) is 4.51. The third-order valence-corrected chi connectivity index (χ3v) is 3.43. The van der Waals surface area contributed by atoms with Gasteiger partial charge in [0.25, 0.3) is 11.6 Å². The number of rotatable bonds is 3. The van der Waals surface area contributed by atoms with Gasteiger partial charge in [-0.1, -0.05) is 12.1 Å². The number of carbonyl (C=O) groups is 1. The van der Waals surface area contributed by atoms with Gasteiger partial charge in [-0.2, -0.15) is 5.10 Å². The van der Waals surface area contributed by atoms with Crippen molar-refractivity contribution >= 4 is 23.0 Å². The number of hydrazone groups is 1. The Morgan fingerprint density at radius 3 is 2.96 bits per heavy atom. The van der Waals surface area contributed by atoms with Gasteiger partial charge in [0.15, 0.2) is 0 Å². The van der Waals surface area contributed by atoms with Crippen molar-refractivity contribution < 1.29 is 9.72 Å². The van der Waals surface area contributed by atoms with Crippen molar-refractivity contribution in [2.24, 2.45) is 5.10 Å². The number of nitro groups is 1. The molecule has 0 spiro atoms. The number of nitro benzene ring substituents is 1. The molecule has 116 valence electrons. The minimum atomic E-state index is -0.441. The summed E-state index contributed by atoms with van der Waals surface area (Å²) in [4.78, 5) is 26.5. The fourth-order valence-corrected chi connectivity index (χ4v) is 2.36. The zero-order valence-electron chi connectivity index (χ0n) is 12.0. The number of amides is 1. The molecule has 23 heavy (non-hydrogen) atoms. The van der Waals surface area contributed by atoms with Crippen molar-refractivity contribution in [1.29, 1.82) is 0 Å².